The van der Waals surface area contributed by atoms with Crippen LogP contribution in [-0.2, 0) is 10.0 Å². The van der Waals surface area contributed by atoms with Crippen LogP contribution in [0.25, 0.3) is 0 Å². The Hall–Kier alpha value is 0.240. The van der Waals surface area contributed by atoms with Gasteiger partial charge in [-0.3, -0.25) is 10.2 Å². The summed E-state index contributed by atoms with van der Waals surface area (Å²) < 4.78 is 32.5. The number of carbonyl (C=O) groups is 1. The van der Waals surface area contributed by atoms with Gasteiger partial charge in [0.2, 0.25) is 10.0 Å². The number of thioether (sulfide) groups is 1. The smallest absolute Gasteiger partial charge is 0.318 e. The molecule has 0 bridgehead atoms. The highest BCUT2D eigenvalue weighted by Crippen LogP contribution is 2.42. The van der Waals surface area contributed by atoms with Crippen LogP contribution in [-0.4, -0.2) is 80.9 Å². The first kappa shape index (κ1) is 24.0. The van der Waals surface area contributed by atoms with Gasteiger partial charge in [-0.05, 0) is 64.8 Å². The number of rotatable bonds is 6. The third-order valence-electron chi connectivity index (χ3n) is 7.42. The summed E-state index contributed by atoms with van der Waals surface area (Å²) in [5.74, 6) is 0. The van der Waals surface area contributed by atoms with E-state index in [0.717, 1.165) is 12.8 Å². The minimum atomic E-state index is -3.42. The molecule has 9 nitrogen and oxygen atoms in total. The first-order chi connectivity index (χ1) is 15.1. The van der Waals surface area contributed by atoms with E-state index in [-0.39, 0.29) is 34.2 Å². The maximum absolute atomic E-state index is 13.7. The number of fused-ring (bicyclic) bond motifs is 1. The summed E-state index contributed by atoms with van der Waals surface area (Å²) in [4.78, 5) is 17.6. The fraction of sp³-hybridized carbons (Fsp3) is 0.947. The van der Waals surface area contributed by atoms with Crippen molar-refractivity contribution >= 4 is 55.7 Å². The molecule has 0 aromatic heterocycles. The van der Waals surface area contributed by atoms with Crippen LogP contribution in [0.5, 0.6) is 0 Å². The van der Waals surface area contributed by atoms with E-state index in [9.17, 15) is 13.2 Å². The zero-order chi connectivity index (χ0) is 22.8. The van der Waals surface area contributed by atoms with Crippen molar-refractivity contribution in [1.29, 1.82) is 0 Å². The number of hydrogen-bond acceptors (Lipinski definition) is 8. The fourth-order valence-electron chi connectivity index (χ4n) is 5.42. The topological polar surface area (TPSA) is 106 Å². The van der Waals surface area contributed by atoms with Crippen molar-refractivity contribution < 1.29 is 13.2 Å². The molecule has 0 spiro atoms. The molecule has 5 rings (SSSR count). The van der Waals surface area contributed by atoms with Crippen molar-refractivity contribution in [1.82, 2.24) is 29.9 Å². The van der Waals surface area contributed by atoms with Crippen molar-refractivity contribution in [3.05, 3.63) is 0 Å². The van der Waals surface area contributed by atoms with Gasteiger partial charge >= 0.3 is 6.03 Å². The van der Waals surface area contributed by atoms with E-state index >= 15 is 0 Å². The van der Waals surface area contributed by atoms with Crippen molar-refractivity contribution in [3.8, 4) is 0 Å². The van der Waals surface area contributed by atoms with Gasteiger partial charge in [0.25, 0.3) is 0 Å². The first-order valence-electron chi connectivity index (χ1n) is 11.4. The van der Waals surface area contributed by atoms with Gasteiger partial charge in [0.1, 0.15) is 10.6 Å². The second kappa shape index (κ2) is 8.72. The molecule has 0 radical (unpaired) electrons. The molecule has 182 valence electrons. The summed E-state index contributed by atoms with van der Waals surface area (Å²) in [6, 6.07) is 0.274. The molecule has 0 aromatic carbocycles. The Balaban J connectivity index is 1.37. The first-order valence-corrected chi connectivity index (χ1v) is 15.7. The molecule has 3 aliphatic heterocycles. The second-order valence-electron chi connectivity index (χ2n) is 10.0. The molecule has 3 heterocycles. The van der Waals surface area contributed by atoms with Gasteiger partial charge in [0.05, 0.1) is 22.7 Å². The van der Waals surface area contributed by atoms with Crippen LogP contribution in [0.2, 0.25) is 0 Å². The highest BCUT2D eigenvalue weighted by atomic mass is 79.9. The SMILES string of the molecule is CC1NC(C)C(CN2C(=O)N(C3NC(Br)NS3)C3CC(S(=O)(=O)NC4(C)CC4)CCC32)S1. The van der Waals surface area contributed by atoms with Crippen LogP contribution in [0.15, 0.2) is 0 Å². The van der Waals surface area contributed by atoms with Crippen LogP contribution in [0.1, 0.15) is 52.9 Å². The van der Waals surface area contributed by atoms with Gasteiger partial charge in [-0.1, -0.05) is 15.9 Å². The van der Waals surface area contributed by atoms with E-state index in [1.165, 1.54) is 11.9 Å². The lowest BCUT2D eigenvalue weighted by molar-refractivity contribution is 0.174. The Morgan fingerprint density at radius 1 is 1.22 bits per heavy atom. The highest BCUT2D eigenvalue weighted by Gasteiger charge is 2.55. The van der Waals surface area contributed by atoms with Crippen LogP contribution in [0, 0.1) is 0 Å². The summed E-state index contributed by atoms with van der Waals surface area (Å²) >= 11 is 6.86. The van der Waals surface area contributed by atoms with E-state index in [1.54, 1.807) is 0 Å². The quantitative estimate of drug-likeness (QED) is 0.218. The number of nitrogens with one attached hydrogen (secondary N) is 4. The third-order valence-corrected chi connectivity index (χ3v) is 12.7. The third kappa shape index (κ3) is 4.57. The molecular formula is C19H33BrN6O3S3. The van der Waals surface area contributed by atoms with Crippen molar-refractivity contribution in [2.45, 2.75) is 103 Å². The monoisotopic (exact) mass is 568 g/mol. The highest BCUT2D eigenvalue weighted by molar-refractivity contribution is 9.09. The molecule has 2 amide bonds. The maximum atomic E-state index is 13.7. The lowest BCUT2D eigenvalue weighted by Crippen LogP contribution is -2.53. The molecule has 2 aliphatic carbocycles. The van der Waals surface area contributed by atoms with Gasteiger partial charge < -0.3 is 10.2 Å². The normalized spacial score (nSPS) is 43.7. The zero-order valence-corrected chi connectivity index (χ0v) is 22.6. The number of nitrogens with zero attached hydrogens (tertiary/aromatic N) is 2. The van der Waals surface area contributed by atoms with Crippen LogP contribution < -0.4 is 20.1 Å². The summed E-state index contributed by atoms with van der Waals surface area (Å²) in [6.07, 6.45) is 3.58. The second-order valence-corrected chi connectivity index (χ2v) is 15.4. The molecule has 8 atom stereocenters. The van der Waals surface area contributed by atoms with E-state index in [1.807, 2.05) is 28.5 Å². The average Bonchev–Trinajstić information content (AvgIpc) is 3.01. The number of alkyl halides is 1. The van der Waals surface area contributed by atoms with Gasteiger partial charge in [-0.2, -0.15) is 0 Å². The van der Waals surface area contributed by atoms with Gasteiger partial charge in [-0.15, -0.1) is 11.8 Å². The number of hydrogen-bond donors (Lipinski definition) is 4. The molecule has 8 unspecified atom stereocenters. The summed E-state index contributed by atoms with van der Waals surface area (Å²) in [7, 11) is -3.42. The van der Waals surface area contributed by atoms with Crippen LogP contribution in [0.3, 0.4) is 0 Å². The molecule has 13 heteroatoms. The number of amides is 2. The Morgan fingerprint density at radius 2 is 1.97 bits per heavy atom. The molecule has 4 N–H and O–H groups in total. The van der Waals surface area contributed by atoms with E-state index < -0.39 is 15.3 Å². The standard InChI is InChI=1S/C19H33BrN6O3S3/c1-10-15(30-11(2)21-10)9-25-13-5-4-12(32(28,29)24-19(3)6-7-19)8-14(13)26(18(25)27)17-22-16(20)23-31-17/h10-17,21-24H,4-9H2,1-3H3. The number of carbonyl (C=O) groups excluding carboxylic acids is 1. The Bertz CT molecular complexity index is 861. The molecule has 3 saturated heterocycles. The molecule has 5 aliphatic rings. The molecular weight excluding hydrogens is 536 g/mol. The van der Waals surface area contributed by atoms with Crippen LogP contribution in [0.4, 0.5) is 4.79 Å². The zero-order valence-electron chi connectivity index (χ0n) is 18.6. The number of urea groups is 1. The van der Waals surface area contributed by atoms with Crippen molar-refractivity contribution in [2.24, 2.45) is 0 Å². The molecule has 32 heavy (non-hydrogen) atoms. The fourth-order valence-corrected chi connectivity index (χ4v) is 10.4. The maximum Gasteiger partial charge on any atom is 0.322 e. The Labute approximate surface area is 207 Å². The van der Waals surface area contributed by atoms with Gasteiger partial charge in [0, 0.05) is 23.4 Å². The summed E-state index contributed by atoms with van der Waals surface area (Å²) in [5.41, 5.74) is -0.506. The van der Waals surface area contributed by atoms with Crippen molar-refractivity contribution in [2.75, 3.05) is 6.54 Å². The molecule has 5 fully saturated rings. The number of halogens is 1. The minimum absolute atomic E-state index is 0.0147. The average molecular weight is 570 g/mol. The summed E-state index contributed by atoms with van der Waals surface area (Å²) in [5, 5.41) is 7.06. The Morgan fingerprint density at radius 3 is 2.56 bits per heavy atom. The lowest BCUT2D eigenvalue weighted by Gasteiger charge is -2.38. The Kier molecular flexibility index (Phi) is 6.53. The van der Waals surface area contributed by atoms with E-state index in [4.69, 9.17) is 0 Å². The lowest BCUT2D eigenvalue weighted by atomic mass is 9.89. The minimum Gasteiger partial charge on any atom is -0.318 e. The molecule has 0 aromatic rings. The van der Waals surface area contributed by atoms with Gasteiger partial charge in [-0.25, -0.2) is 22.7 Å². The predicted molar refractivity (Wildman–Crippen MR) is 133 cm³/mol. The van der Waals surface area contributed by atoms with Crippen LogP contribution >= 0.6 is 39.6 Å². The van der Waals surface area contributed by atoms with Gasteiger partial charge in [0.15, 0.2) is 0 Å². The predicted octanol–water partition coefficient (Wildman–Crippen LogP) is 1.73. The summed E-state index contributed by atoms with van der Waals surface area (Å²) in [6.45, 7) is 7.00. The number of sulfonamides is 1. The molecule has 2 saturated carbocycles. The largest absolute Gasteiger partial charge is 0.322 e. The van der Waals surface area contributed by atoms with E-state index in [2.05, 4.69) is 49.9 Å². The van der Waals surface area contributed by atoms with E-state index in [0.29, 0.717) is 42.5 Å². The van der Waals surface area contributed by atoms with Crippen molar-refractivity contribution in [3.63, 3.8) is 0 Å².